The number of unbranched alkanes of at least 4 members (excludes halogenated alkanes) is 1. The molecule has 2 aromatic carbocycles. The van der Waals surface area contributed by atoms with E-state index in [1.54, 1.807) is 0 Å². The molecular formula is C25H33NO5. The van der Waals surface area contributed by atoms with E-state index in [1.165, 1.54) is 0 Å². The zero-order chi connectivity index (χ0) is 22.1. The molecule has 168 valence electrons. The lowest BCUT2D eigenvalue weighted by Crippen LogP contribution is -2.43. The van der Waals surface area contributed by atoms with Crippen molar-refractivity contribution in [3.05, 3.63) is 54.1 Å². The fourth-order valence-electron chi connectivity index (χ4n) is 3.74. The minimum absolute atomic E-state index is 0.341. The van der Waals surface area contributed by atoms with Crippen molar-refractivity contribution in [2.75, 3.05) is 37.8 Å². The Hall–Kier alpha value is -2.73. The molecule has 0 aromatic heterocycles. The molecule has 0 saturated heterocycles. The van der Waals surface area contributed by atoms with E-state index in [4.69, 9.17) is 14.2 Å². The highest BCUT2D eigenvalue weighted by molar-refractivity contribution is 5.78. The zero-order valence-corrected chi connectivity index (χ0v) is 18.5. The van der Waals surface area contributed by atoms with Crippen LogP contribution < -0.4 is 14.4 Å². The van der Waals surface area contributed by atoms with Crippen molar-refractivity contribution in [1.82, 2.24) is 0 Å². The van der Waals surface area contributed by atoms with Gasteiger partial charge < -0.3 is 24.2 Å². The molecule has 0 radical (unpaired) electrons. The molecule has 31 heavy (non-hydrogen) atoms. The summed E-state index contributed by atoms with van der Waals surface area (Å²) in [7, 11) is 0. The van der Waals surface area contributed by atoms with E-state index in [-0.39, 0.29) is 0 Å². The Balaban J connectivity index is 1.54. The van der Waals surface area contributed by atoms with Crippen molar-refractivity contribution < 1.29 is 24.1 Å². The lowest BCUT2D eigenvalue weighted by Gasteiger charge is -2.31. The monoisotopic (exact) mass is 427 g/mol. The molecule has 0 fully saturated rings. The van der Waals surface area contributed by atoms with Crippen LogP contribution in [0.5, 0.6) is 11.5 Å². The summed E-state index contributed by atoms with van der Waals surface area (Å²) in [6.45, 7) is 7.23. The van der Waals surface area contributed by atoms with Crippen molar-refractivity contribution in [2.24, 2.45) is 0 Å². The molecule has 1 heterocycles. The summed E-state index contributed by atoms with van der Waals surface area (Å²) < 4.78 is 17.5. The number of carboxylic acid groups (broad SMARTS) is 1. The second-order valence-electron chi connectivity index (χ2n) is 7.83. The summed E-state index contributed by atoms with van der Waals surface area (Å²) in [6.07, 6.45) is 2.59. The lowest BCUT2D eigenvalue weighted by molar-refractivity contribution is -0.166. The van der Waals surface area contributed by atoms with Crippen LogP contribution in [0.2, 0.25) is 0 Å². The molecule has 6 heteroatoms. The Morgan fingerprint density at radius 3 is 2.61 bits per heavy atom. The topological polar surface area (TPSA) is 68.2 Å². The first-order chi connectivity index (χ1) is 15.1. The van der Waals surface area contributed by atoms with Gasteiger partial charge in [0, 0.05) is 13.0 Å². The van der Waals surface area contributed by atoms with Crippen LogP contribution in [0.4, 0.5) is 5.69 Å². The van der Waals surface area contributed by atoms with Gasteiger partial charge in [0.1, 0.15) is 24.7 Å². The molecule has 0 bridgehead atoms. The van der Waals surface area contributed by atoms with Crippen LogP contribution in [0.1, 0.15) is 38.7 Å². The van der Waals surface area contributed by atoms with Crippen molar-refractivity contribution in [3.63, 3.8) is 0 Å². The summed E-state index contributed by atoms with van der Waals surface area (Å²) in [5.41, 5.74) is 0.844. The van der Waals surface area contributed by atoms with E-state index in [0.29, 0.717) is 32.7 Å². The highest BCUT2D eigenvalue weighted by Gasteiger charge is 2.38. The average molecular weight is 428 g/mol. The van der Waals surface area contributed by atoms with Gasteiger partial charge in [0.25, 0.3) is 0 Å². The van der Waals surface area contributed by atoms with Gasteiger partial charge in [-0.1, -0.05) is 44.5 Å². The standard InChI is InChI=1S/C25H33NO5/c1-3-5-16-31-25(4-2,24(27)28)19-20-10-12-21(13-11-20)29-17-14-26-15-18-30-23-9-7-6-8-22(23)26/h6-13H,3-5,14-19H2,1-2H3,(H,27,28). The Morgan fingerprint density at radius 2 is 1.90 bits per heavy atom. The number of nitrogens with zero attached hydrogens (tertiary/aromatic N) is 1. The molecule has 2 aromatic rings. The van der Waals surface area contributed by atoms with E-state index in [2.05, 4.69) is 17.9 Å². The molecule has 1 atom stereocenters. The van der Waals surface area contributed by atoms with E-state index in [1.807, 2.05) is 49.4 Å². The number of hydrogen-bond donors (Lipinski definition) is 1. The third-order valence-corrected chi connectivity index (χ3v) is 5.70. The number of ether oxygens (including phenoxy) is 3. The highest BCUT2D eigenvalue weighted by Crippen LogP contribution is 2.30. The second kappa shape index (κ2) is 11.0. The smallest absolute Gasteiger partial charge is 0.336 e. The van der Waals surface area contributed by atoms with Crippen LogP contribution in [0, 0.1) is 0 Å². The van der Waals surface area contributed by atoms with E-state index >= 15 is 0 Å². The normalized spacial score (nSPS) is 15.0. The van der Waals surface area contributed by atoms with Gasteiger partial charge in [0.05, 0.1) is 18.8 Å². The van der Waals surface area contributed by atoms with Crippen LogP contribution >= 0.6 is 0 Å². The maximum Gasteiger partial charge on any atom is 0.336 e. The van der Waals surface area contributed by atoms with Crippen molar-refractivity contribution >= 4 is 11.7 Å². The number of anilines is 1. The Kier molecular flexibility index (Phi) is 8.18. The molecule has 1 aliphatic heterocycles. The molecule has 0 saturated carbocycles. The van der Waals surface area contributed by atoms with Crippen molar-refractivity contribution in [1.29, 1.82) is 0 Å². The van der Waals surface area contributed by atoms with Crippen LogP contribution in [0.3, 0.4) is 0 Å². The van der Waals surface area contributed by atoms with Crippen molar-refractivity contribution in [2.45, 2.75) is 45.1 Å². The Labute approximate surface area is 184 Å². The third kappa shape index (κ3) is 5.91. The number of rotatable bonds is 12. The maximum absolute atomic E-state index is 11.9. The van der Waals surface area contributed by atoms with E-state index < -0.39 is 11.6 Å². The lowest BCUT2D eigenvalue weighted by atomic mass is 9.91. The average Bonchev–Trinajstić information content (AvgIpc) is 2.79. The number of benzene rings is 2. The number of fused-ring (bicyclic) bond motifs is 1. The summed E-state index contributed by atoms with van der Waals surface area (Å²) in [5.74, 6) is 0.781. The molecule has 0 aliphatic carbocycles. The molecule has 6 nitrogen and oxygen atoms in total. The zero-order valence-electron chi connectivity index (χ0n) is 18.5. The van der Waals surface area contributed by atoms with Gasteiger partial charge in [-0.15, -0.1) is 0 Å². The fourth-order valence-corrected chi connectivity index (χ4v) is 3.74. The molecule has 0 spiro atoms. The summed E-state index contributed by atoms with van der Waals surface area (Å²) in [4.78, 5) is 14.2. The predicted octanol–water partition coefficient (Wildman–Crippen LogP) is 4.56. The molecule has 1 unspecified atom stereocenters. The van der Waals surface area contributed by atoms with Gasteiger partial charge >= 0.3 is 5.97 Å². The Bertz CT molecular complexity index is 838. The largest absolute Gasteiger partial charge is 0.492 e. The first-order valence-corrected chi connectivity index (χ1v) is 11.1. The van der Waals surface area contributed by atoms with E-state index in [0.717, 1.165) is 48.7 Å². The quantitative estimate of drug-likeness (QED) is 0.501. The molecule has 1 N–H and O–H groups in total. The van der Waals surface area contributed by atoms with Crippen molar-refractivity contribution in [3.8, 4) is 11.5 Å². The first kappa shape index (κ1) is 22.9. The molecule has 0 amide bonds. The fraction of sp³-hybridized carbons (Fsp3) is 0.480. The van der Waals surface area contributed by atoms with E-state index in [9.17, 15) is 9.90 Å². The SMILES string of the molecule is CCCCOC(CC)(Cc1ccc(OCCN2CCOc3ccccc32)cc1)C(=O)O. The van der Waals surface area contributed by atoms with Crippen LogP contribution in [-0.2, 0) is 16.0 Å². The number of aliphatic carboxylic acids is 1. The van der Waals surface area contributed by atoms with Gasteiger partial charge in [0.2, 0.25) is 0 Å². The Morgan fingerprint density at radius 1 is 1.13 bits per heavy atom. The number of carboxylic acids is 1. The highest BCUT2D eigenvalue weighted by atomic mass is 16.5. The predicted molar refractivity (Wildman–Crippen MR) is 121 cm³/mol. The number of hydrogen-bond acceptors (Lipinski definition) is 5. The maximum atomic E-state index is 11.9. The van der Waals surface area contributed by atoms with Crippen LogP contribution in [-0.4, -0.2) is 49.6 Å². The minimum atomic E-state index is -1.18. The number of carbonyl (C=O) groups is 1. The van der Waals surface area contributed by atoms with Crippen LogP contribution in [0.15, 0.2) is 48.5 Å². The number of para-hydroxylation sites is 2. The van der Waals surface area contributed by atoms with Gasteiger partial charge in [-0.3, -0.25) is 0 Å². The summed E-state index contributed by atoms with van der Waals surface area (Å²) in [5, 5.41) is 9.79. The first-order valence-electron chi connectivity index (χ1n) is 11.1. The van der Waals surface area contributed by atoms with Gasteiger partial charge in [-0.2, -0.15) is 0 Å². The molecular weight excluding hydrogens is 394 g/mol. The molecule has 3 rings (SSSR count). The second-order valence-corrected chi connectivity index (χ2v) is 7.83. The van der Waals surface area contributed by atoms with Gasteiger partial charge in [0.15, 0.2) is 5.60 Å². The third-order valence-electron chi connectivity index (χ3n) is 5.70. The van der Waals surface area contributed by atoms with Gasteiger partial charge in [-0.25, -0.2) is 4.79 Å². The van der Waals surface area contributed by atoms with Gasteiger partial charge in [-0.05, 0) is 42.7 Å². The summed E-state index contributed by atoms with van der Waals surface area (Å²) >= 11 is 0. The minimum Gasteiger partial charge on any atom is -0.492 e. The summed E-state index contributed by atoms with van der Waals surface area (Å²) in [6, 6.07) is 15.7. The van der Waals surface area contributed by atoms with Crippen LogP contribution in [0.25, 0.3) is 0 Å². The molecule has 1 aliphatic rings.